The fourth-order valence-electron chi connectivity index (χ4n) is 1.98. The van der Waals surface area contributed by atoms with Gasteiger partial charge in [-0.2, -0.15) is 0 Å². The Hall–Kier alpha value is -2.99. The van der Waals surface area contributed by atoms with Crippen molar-refractivity contribution in [2.24, 2.45) is 0 Å². The maximum Gasteiger partial charge on any atom is 0.276 e. The number of hydrogen-bond donors (Lipinski definition) is 2. The minimum absolute atomic E-state index is 0.235. The molecule has 0 saturated heterocycles. The van der Waals surface area contributed by atoms with Gasteiger partial charge >= 0.3 is 0 Å². The van der Waals surface area contributed by atoms with Crippen molar-refractivity contribution in [1.82, 2.24) is 10.9 Å². The molecule has 136 valence electrons. The van der Waals surface area contributed by atoms with E-state index < -0.39 is 11.8 Å². The van der Waals surface area contributed by atoms with Crippen molar-refractivity contribution in [3.05, 3.63) is 64.7 Å². The minimum atomic E-state index is -0.485. The number of hydrogen-bond acceptors (Lipinski definition) is 4. The number of hydrazine groups is 1. The molecule has 0 atom stereocenters. The van der Waals surface area contributed by atoms with Gasteiger partial charge in [0.1, 0.15) is 11.5 Å². The highest BCUT2D eigenvalue weighted by atomic mass is 35.5. The van der Waals surface area contributed by atoms with Gasteiger partial charge in [0.15, 0.2) is 6.61 Å². The zero-order chi connectivity index (χ0) is 18.9. The third-order valence-corrected chi connectivity index (χ3v) is 3.77. The fourth-order valence-corrected chi connectivity index (χ4v) is 2.10. The van der Waals surface area contributed by atoms with Crippen LogP contribution < -0.4 is 20.3 Å². The van der Waals surface area contributed by atoms with E-state index in [1.54, 1.807) is 43.5 Å². The zero-order valence-electron chi connectivity index (χ0n) is 14.4. The second kappa shape index (κ2) is 9.48. The number of rotatable bonds is 6. The number of methoxy groups -OCH3 is 1. The molecule has 0 aliphatic rings. The summed E-state index contributed by atoms with van der Waals surface area (Å²) in [6, 6.07) is 12.3. The van der Waals surface area contributed by atoms with Gasteiger partial charge in [0, 0.05) is 11.1 Å². The van der Waals surface area contributed by atoms with E-state index in [0.29, 0.717) is 16.5 Å². The molecule has 0 aliphatic carbocycles. The highest BCUT2D eigenvalue weighted by Gasteiger charge is 2.05. The molecular formula is C19H19ClN2O4. The van der Waals surface area contributed by atoms with E-state index in [2.05, 4.69) is 10.9 Å². The Kier molecular flexibility index (Phi) is 7.05. The van der Waals surface area contributed by atoms with Gasteiger partial charge in [0.25, 0.3) is 11.8 Å². The summed E-state index contributed by atoms with van der Waals surface area (Å²) in [6.45, 7) is 1.60. The van der Waals surface area contributed by atoms with E-state index in [1.807, 2.05) is 19.1 Å². The lowest BCUT2D eigenvalue weighted by Crippen LogP contribution is -2.43. The molecule has 0 saturated carbocycles. The van der Waals surface area contributed by atoms with Crippen molar-refractivity contribution in [2.45, 2.75) is 6.92 Å². The third-order valence-electron chi connectivity index (χ3n) is 3.35. The second-order valence-electron chi connectivity index (χ2n) is 5.35. The van der Waals surface area contributed by atoms with E-state index in [9.17, 15) is 9.59 Å². The van der Waals surface area contributed by atoms with Crippen LogP contribution in [0.25, 0.3) is 6.08 Å². The maximum absolute atomic E-state index is 11.7. The van der Waals surface area contributed by atoms with Gasteiger partial charge < -0.3 is 9.47 Å². The van der Waals surface area contributed by atoms with Crippen LogP contribution in [0, 0.1) is 6.92 Å². The van der Waals surface area contributed by atoms with Crippen LogP contribution in [0.4, 0.5) is 0 Å². The fraction of sp³-hybridized carbons (Fsp3) is 0.158. The topological polar surface area (TPSA) is 76.7 Å². The Morgan fingerprint density at radius 3 is 2.65 bits per heavy atom. The SMILES string of the molecule is COc1cccc(/C=C/C(=O)NNC(=O)COc2ccc(Cl)c(C)c2)c1. The lowest BCUT2D eigenvalue weighted by molar-refractivity contribution is -0.128. The van der Waals surface area contributed by atoms with E-state index in [-0.39, 0.29) is 6.61 Å². The summed E-state index contributed by atoms with van der Waals surface area (Å²) < 4.78 is 10.4. The predicted octanol–water partition coefficient (Wildman–Crippen LogP) is 2.90. The first kappa shape index (κ1) is 19.3. The molecule has 0 aromatic heterocycles. The van der Waals surface area contributed by atoms with Crippen LogP contribution in [0.5, 0.6) is 11.5 Å². The highest BCUT2D eigenvalue weighted by Crippen LogP contribution is 2.20. The van der Waals surface area contributed by atoms with Crippen LogP contribution in [-0.4, -0.2) is 25.5 Å². The van der Waals surface area contributed by atoms with Crippen LogP contribution in [0.2, 0.25) is 5.02 Å². The molecular weight excluding hydrogens is 356 g/mol. The Balaban J connectivity index is 1.76. The lowest BCUT2D eigenvalue weighted by atomic mass is 10.2. The van der Waals surface area contributed by atoms with Gasteiger partial charge in [-0.3, -0.25) is 20.4 Å². The Morgan fingerprint density at radius 1 is 1.12 bits per heavy atom. The first-order valence-electron chi connectivity index (χ1n) is 7.78. The molecule has 6 nitrogen and oxygen atoms in total. The molecule has 0 spiro atoms. The molecule has 2 N–H and O–H groups in total. The van der Waals surface area contributed by atoms with Crippen LogP contribution >= 0.6 is 11.6 Å². The maximum atomic E-state index is 11.7. The van der Waals surface area contributed by atoms with Gasteiger partial charge in [0.2, 0.25) is 0 Å². The van der Waals surface area contributed by atoms with Crippen LogP contribution in [0.1, 0.15) is 11.1 Å². The van der Waals surface area contributed by atoms with Crippen molar-refractivity contribution < 1.29 is 19.1 Å². The molecule has 2 aromatic carbocycles. The van der Waals surface area contributed by atoms with Gasteiger partial charge in [-0.05, 0) is 54.5 Å². The third kappa shape index (κ3) is 6.14. The van der Waals surface area contributed by atoms with Gasteiger partial charge in [0.05, 0.1) is 7.11 Å². The van der Waals surface area contributed by atoms with E-state index in [1.165, 1.54) is 6.08 Å². The molecule has 0 heterocycles. The Morgan fingerprint density at radius 2 is 1.92 bits per heavy atom. The van der Waals surface area contributed by atoms with Gasteiger partial charge in [-0.25, -0.2) is 0 Å². The number of carbonyl (C=O) groups excluding carboxylic acids is 2. The average molecular weight is 375 g/mol. The molecule has 0 radical (unpaired) electrons. The highest BCUT2D eigenvalue weighted by molar-refractivity contribution is 6.31. The molecule has 2 aromatic rings. The van der Waals surface area contributed by atoms with E-state index in [0.717, 1.165) is 11.1 Å². The number of halogens is 1. The molecule has 7 heteroatoms. The lowest BCUT2D eigenvalue weighted by Gasteiger charge is -2.08. The average Bonchev–Trinajstić information content (AvgIpc) is 2.65. The van der Waals surface area contributed by atoms with Gasteiger partial charge in [-0.15, -0.1) is 0 Å². The van der Waals surface area contributed by atoms with Crippen molar-refractivity contribution in [2.75, 3.05) is 13.7 Å². The van der Waals surface area contributed by atoms with Crippen molar-refractivity contribution >= 4 is 29.5 Å². The molecule has 0 bridgehead atoms. The largest absolute Gasteiger partial charge is 0.497 e. The molecule has 0 aliphatic heterocycles. The van der Waals surface area contributed by atoms with Crippen molar-refractivity contribution in [1.29, 1.82) is 0 Å². The number of amides is 2. The van der Waals surface area contributed by atoms with Crippen molar-refractivity contribution in [3.8, 4) is 11.5 Å². The smallest absolute Gasteiger partial charge is 0.276 e. The van der Waals surface area contributed by atoms with Gasteiger partial charge in [-0.1, -0.05) is 23.7 Å². The van der Waals surface area contributed by atoms with Crippen LogP contribution in [0.3, 0.4) is 0 Å². The Labute approximate surface area is 156 Å². The first-order valence-corrected chi connectivity index (χ1v) is 8.15. The molecule has 2 amide bonds. The molecule has 26 heavy (non-hydrogen) atoms. The zero-order valence-corrected chi connectivity index (χ0v) is 15.2. The summed E-state index contributed by atoms with van der Waals surface area (Å²) in [7, 11) is 1.57. The number of benzene rings is 2. The minimum Gasteiger partial charge on any atom is -0.497 e. The first-order chi connectivity index (χ1) is 12.5. The summed E-state index contributed by atoms with van der Waals surface area (Å²) in [5.41, 5.74) is 6.20. The number of carbonyl (C=O) groups is 2. The summed E-state index contributed by atoms with van der Waals surface area (Å²) in [5, 5.41) is 0.622. The molecule has 0 fully saturated rings. The Bertz CT molecular complexity index is 821. The summed E-state index contributed by atoms with van der Waals surface area (Å²) in [5.74, 6) is 0.256. The second-order valence-corrected chi connectivity index (χ2v) is 5.75. The quantitative estimate of drug-likeness (QED) is 0.602. The summed E-state index contributed by atoms with van der Waals surface area (Å²) in [6.07, 6.45) is 2.91. The molecule has 2 rings (SSSR count). The number of ether oxygens (including phenoxy) is 2. The van der Waals surface area contributed by atoms with Crippen LogP contribution in [-0.2, 0) is 9.59 Å². The standard InChI is InChI=1S/C19H19ClN2O4/c1-13-10-16(7-8-17(13)20)26-12-19(24)22-21-18(23)9-6-14-4-3-5-15(11-14)25-2/h3-11H,12H2,1-2H3,(H,21,23)(H,22,24)/b9-6+. The van der Waals surface area contributed by atoms with E-state index in [4.69, 9.17) is 21.1 Å². The van der Waals surface area contributed by atoms with Crippen LogP contribution in [0.15, 0.2) is 48.5 Å². The number of nitrogens with one attached hydrogen (secondary N) is 2. The number of aryl methyl sites for hydroxylation is 1. The predicted molar refractivity (Wildman–Crippen MR) is 100.0 cm³/mol. The van der Waals surface area contributed by atoms with Crippen molar-refractivity contribution in [3.63, 3.8) is 0 Å². The summed E-state index contributed by atoms with van der Waals surface area (Å²) >= 11 is 5.92. The monoisotopic (exact) mass is 374 g/mol. The van der Waals surface area contributed by atoms with E-state index >= 15 is 0 Å². The normalized spacial score (nSPS) is 10.4. The summed E-state index contributed by atoms with van der Waals surface area (Å²) in [4.78, 5) is 23.4. The molecule has 0 unspecified atom stereocenters.